The summed E-state index contributed by atoms with van der Waals surface area (Å²) in [6.07, 6.45) is 5.52. The van der Waals surface area contributed by atoms with Crippen molar-refractivity contribution in [2.24, 2.45) is 29.4 Å². The summed E-state index contributed by atoms with van der Waals surface area (Å²) in [7, 11) is 2.98. The highest BCUT2D eigenvalue weighted by Crippen LogP contribution is 2.57. The van der Waals surface area contributed by atoms with Crippen molar-refractivity contribution in [2.75, 3.05) is 14.1 Å². The van der Waals surface area contributed by atoms with Crippen LogP contribution in [0.1, 0.15) is 94.2 Å². The van der Waals surface area contributed by atoms with E-state index in [9.17, 15) is 39.9 Å². The molecule has 240 valence electrons. The molecule has 0 heterocycles. The number of rotatable bonds is 7. The van der Waals surface area contributed by atoms with Crippen LogP contribution in [0.5, 0.6) is 5.75 Å². The van der Waals surface area contributed by atoms with Gasteiger partial charge in [-0.05, 0) is 68.2 Å². The first kappa shape index (κ1) is 32.2. The highest BCUT2D eigenvalue weighted by molar-refractivity contribution is 6.24. The largest absolute Gasteiger partial charge is 0.508 e. The summed E-state index contributed by atoms with van der Waals surface area (Å²) < 4.78 is 0. The topological polar surface area (TPSA) is 182 Å². The molecule has 0 saturated heterocycles. The number of benzene rings is 1. The molecule has 2 saturated carbocycles. The Hall–Kier alpha value is -3.21. The third-order valence-corrected chi connectivity index (χ3v) is 11.1. The van der Waals surface area contributed by atoms with Crippen molar-refractivity contribution < 1.29 is 39.9 Å². The number of unbranched alkanes of at least 4 members (excludes halogenated alkanes) is 1. The highest BCUT2D eigenvalue weighted by atomic mass is 16.4. The monoisotopic (exact) mass is 610 g/mol. The molecule has 0 spiro atoms. The number of ketones is 2. The molecular formula is C34H46N2O8. The lowest BCUT2D eigenvalue weighted by molar-refractivity contribution is -0.169. The lowest BCUT2D eigenvalue weighted by Crippen LogP contribution is -2.70. The Bertz CT molecular complexity index is 1440. The van der Waals surface area contributed by atoms with E-state index < -0.39 is 70.1 Å². The molecule has 0 bridgehead atoms. The van der Waals surface area contributed by atoms with Gasteiger partial charge in [0.15, 0.2) is 11.4 Å². The standard InChI is InChI=1S/C34H46N2O8/c1-6-7-8-19(17-11-9-15(2)10-12-17)20-14-13-18-16(3)21-23(28(38)22(18)27(20)37)31(41)34(44)25(29(21)39)26(36(4)5)30(40)24(32(34)42)33(35)43/h13-17,19,21,25-26,29,37-39,42,44H,6-12H2,1-5H3,(H2,35,43)/t15?,16-,17?,19?,21+,25+,26-,29-,34-/m0/s1. The van der Waals surface area contributed by atoms with E-state index in [0.717, 1.165) is 44.9 Å². The molecule has 1 aromatic rings. The number of phenols is 1. The molecule has 4 aliphatic rings. The molecule has 0 aromatic heterocycles. The molecule has 10 heteroatoms. The fraction of sp³-hybridized carbons (Fsp3) is 0.618. The SMILES string of the molecule is CCCCC(c1ccc2c(c1O)C(O)=C1C(=O)[C@]3(O)C(O)=C(C(N)=O)C(=O)[C@@H](N(C)C)[C@@H]3[C@@H](O)[C@@H]1[C@H]2C)C1CCC(C)CC1. The van der Waals surface area contributed by atoms with Crippen LogP contribution in [0.15, 0.2) is 29.0 Å². The number of hydrogen-bond donors (Lipinski definition) is 6. The molecular weight excluding hydrogens is 564 g/mol. The maximum atomic E-state index is 14.3. The van der Waals surface area contributed by atoms with Gasteiger partial charge in [0.2, 0.25) is 5.78 Å². The van der Waals surface area contributed by atoms with Crippen LogP contribution in [0.2, 0.25) is 0 Å². The second-order valence-electron chi connectivity index (χ2n) is 13.8. The average molecular weight is 611 g/mol. The average Bonchev–Trinajstić information content (AvgIpc) is 2.96. The number of carbonyl (C=O) groups excluding carboxylic acids is 3. The zero-order chi connectivity index (χ0) is 32.4. The van der Waals surface area contributed by atoms with E-state index in [2.05, 4.69) is 13.8 Å². The van der Waals surface area contributed by atoms with Crippen molar-refractivity contribution in [2.45, 2.75) is 95.3 Å². The maximum Gasteiger partial charge on any atom is 0.255 e. The number of phenolic OH excluding ortho intramolecular Hbond substituents is 1. The van der Waals surface area contributed by atoms with Crippen LogP contribution in [0.25, 0.3) is 5.76 Å². The Kier molecular flexibility index (Phi) is 8.50. The van der Waals surface area contributed by atoms with Crippen molar-refractivity contribution in [3.05, 3.63) is 45.7 Å². The Morgan fingerprint density at radius 2 is 1.73 bits per heavy atom. The van der Waals surface area contributed by atoms with Crippen LogP contribution < -0.4 is 5.73 Å². The van der Waals surface area contributed by atoms with Gasteiger partial charge in [-0.25, -0.2) is 0 Å². The predicted octanol–water partition coefficient (Wildman–Crippen LogP) is 3.60. The molecule has 1 amide bonds. The number of Topliss-reactive ketones (excluding diaryl/α,β-unsaturated/α-hetero) is 2. The van der Waals surface area contributed by atoms with Gasteiger partial charge < -0.3 is 31.3 Å². The number of nitrogens with two attached hydrogens (primary N) is 1. The minimum Gasteiger partial charge on any atom is -0.508 e. The third kappa shape index (κ3) is 4.60. The van der Waals surface area contributed by atoms with Gasteiger partial charge >= 0.3 is 0 Å². The van der Waals surface area contributed by atoms with Gasteiger partial charge in [-0.3, -0.25) is 19.3 Å². The van der Waals surface area contributed by atoms with Crippen molar-refractivity contribution in [3.63, 3.8) is 0 Å². The van der Waals surface area contributed by atoms with Crippen LogP contribution in [-0.4, -0.2) is 79.7 Å². The van der Waals surface area contributed by atoms with Crippen molar-refractivity contribution in [1.29, 1.82) is 0 Å². The predicted molar refractivity (Wildman–Crippen MR) is 164 cm³/mol. The molecule has 1 unspecified atom stereocenters. The third-order valence-electron chi connectivity index (χ3n) is 11.1. The first-order valence-corrected chi connectivity index (χ1v) is 15.9. The lowest BCUT2D eigenvalue weighted by atomic mass is 9.54. The van der Waals surface area contributed by atoms with E-state index in [0.29, 0.717) is 23.0 Å². The smallest absolute Gasteiger partial charge is 0.255 e. The number of fused-ring (bicyclic) bond motifs is 3. The molecule has 1 aromatic carbocycles. The molecule has 5 rings (SSSR count). The van der Waals surface area contributed by atoms with Crippen LogP contribution in [0.4, 0.5) is 0 Å². The van der Waals surface area contributed by atoms with E-state index in [1.807, 2.05) is 12.1 Å². The van der Waals surface area contributed by atoms with Gasteiger partial charge in [-0.15, -0.1) is 0 Å². The summed E-state index contributed by atoms with van der Waals surface area (Å²) in [5, 5.41) is 58.5. The van der Waals surface area contributed by atoms with Gasteiger partial charge in [-0.1, -0.05) is 58.6 Å². The second kappa shape index (κ2) is 11.6. The van der Waals surface area contributed by atoms with E-state index in [1.54, 1.807) is 6.92 Å². The number of nitrogens with zero attached hydrogens (tertiary/aromatic N) is 1. The van der Waals surface area contributed by atoms with E-state index in [1.165, 1.54) is 19.0 Å². The Morgan fingerprint density at radius 3 is 2.30 bits per heavy atom. The maximum absolute atomic E-state index is 14.3. The molecule has 7 atom stereocenters. The van der Waals surface area contributed by atoms with Crippen LogP contribution in [-0.2, 0) is 14.4 Å². The van der Waals surface area contributed by atoms with Gasteiger partial charge in [-0.2, -0.15) is 0 Å². The zero-order valence-electron chi connectivity index (χ0n) is 26.2. The van der Waals surface area contributed by atoms with Gasteiger partial charge in [0, 0.05) is 11.5 Å². The number of aliphatic hydroxyl groups excluding tert-OH is 3. The summed E-state index contributed by atoms with van der Waals surface area (Å²) >= 11 is 0. The first-order chi connectivity index (χ1) is 20.7. The Balaban J connectivity index is 1.69. The highest BCUT2D eigenvalue weighted by Gasteiger charge is 2.68. The molecule has 7 N–H and O–H groups in total. The fourth-order valence-corrected chi connectivity index (χ4v) is 8.69. The number of aliphatic hydroxyl groups is 4. The van der Waals surface area contributed by atoms with Gasteiger partial charge in [0.1, 0.15) is 22.8 Å². The minimum atomic E-state index is -2.92. The van der Waals surface area contributed by atoms with Crippen molar-refractivity contribution >= 4 is 23.2 Å². The number of primary amides is 1. The summed E-state index contributed by atoms with van der Waals surface area (Å²) in [4.78, 5) is 41.3. The Labute approximate surface area is 258 Å². The van der Waals surface area contributed by atoms with Crippen LogP contribution in [0.3, 0.4) is 0 Å². The first-order valence-electron chi connectivity index (χ1n) is 15.9. The van der Waals surface area contributed by atoms with Crippen LogP contribution in [0, 0.1) is 23.7 Å². The number of carbonyl (C=O) groups is 3. The summed E-state index contributed by atoms with van der Waals surface area (Å²) in [6.45, 7) is 6.13. The zero-order valence-corrected chi connectivity index (χ0v) is 26.2. The van der Waals surface area contributed by atoms with E-state index in [4.69, 9.17) is 5.73 Å². The number of aromatic hydroxyl groups is 1. The van der Waals surface area contributed by atoms with E-state index in [-0.39, 0.29) is 22.8 Å². The van der Waals surface area contributed by atoms with Crippen molar-refractivity contribution in [3.8, 4) is 5.75 Å². The number of amides is 1. The quantitative estimate of drug-likeness (QED) is 0.251. The van der Waals surface area contributed by atoms with Crippen molar-refractivity contribution in [1.82, 2.24) is 4.90 Å². The second-order valence-corrected chi connectivity index (χ2v) is 13.8. The molecule has 0 radical (unpaired) electrons. The van der Waals surface area contributed by atoms with Gasteiger partial charge in [0.25, 0.3) is 5.91 Å². The number of hydrogen-bond acceptors (Lipinski definition) is 9. The molecule has 4 aliphatic carbocycles. The Morgan fingerprint density at radius 1 is 1.09 bits per heavy atom. The molecule has 2 fully saturated rings. The number of likely N-dealkylation sites (N-methyl/N-ethyl adjacent to an activating group) is 1. The summed E-state index contributed by atoms with van der Waals surface area (Å²) in [6, 6.07) is 2.36. The summed E-state index contributed by atoms with van der Waals surface area (Å²) in [5.74, 6) is -7.52. The molecule has 10 nitrogen and oxygen atoms in total. The summed E-state index contributed by atoms with van der Waals surface area (Å²) in [5.41, 5.74) is 2.51. The lowest BCUT2D eigenvalue weighted by Gasteiger charge is -2.53. The fourth-order valence-electron chi connectivity index (χ4n) is 8.69. The van der Waals surface area contributed by atoms with Crippen LogP contribution >= 0.6 is 0 Å². The molecule has 44 heavy (non-hydrogen) atoms. The molecule has 0 aliphatic heterocycles. The van der Waals surface area contributed by atoms with Gasteiger partial charge in [0.05, 0.1) is 23.6 Å². The normalized spacial score (nSPS) is 34.5. The van der Waals surface area contributed by atoms with E-state index >= 15 is 0 Å². The minimum absolute atomic E-state index is 0.0510.